The maximum absolute atomic E-state index is 13.1. The lowest BCUT2D eigenvalue weighted by molar-refractivity contribution is 0.103. The maximum atomic E-state index is 13.1. The number of aromatic nitrogens is 2. The molecule has 2 aromatic carbocycles. The summed E-state index contributed by atoms with van der Waals surface area (Å²) in [7, 11) is 0. The highest BCUT2D eigenvalue weighted by atomic mass is 32.1. The summed E-state index contributed by atoms with van der Waals surface area (Å²) in [5.41, 5.74) is 3.45. The summed E-state index contributed by atoms with van der Waals surface area (Å²) in [5.74, 6) is -0.532. The van der Waals surface area contributed by atoms with E-state index in [0.717, 1.165) is 21.3 Å². The molecule has 26 heavy (non-hydrogen) atoms. The van der Waals surface area contributed by atoms with Crippen molar-refractivity contribution in [2.45, 2.75) is 13.8 Å². The number of amides is 1. The van der Waals surface area contributed by atoms with Gasteiger partial charge in [-0.25, -0.2) is 14.4 Å². The number of fused-ring (bicyclic) bond motifs is 1. The molecule has 4 aromatic rings. The number of hydrogen-bond acceptors (Lipinski definition) is 5. The summed E-state index contributed by atoms with van der Waals surface area (Å²) >= 11 is 2.73. The molecule has 2 heterocycles. The SMILES string of the molecule is Cc1ccc2nc(NC(=O)c3sc(-c4ccc(F)cc4)nc3C)sc2c1. The van der Waals surface area contributed by atoms with E-state index in [1.807, 2.05) is 25.1 Å². The van der Waals surface area contributed by atoms with Gasteiger partial charge in [-0.1, -0.05) is 17.4 Å². The number of aryl methyl sites for hydroxylation is 2. The lowest BCUT2D eigenvalue weighted by Crippen LogP contribution is -2.11. The van der Waals surface area contributed by atoms with Crippen molar-refractivity contribution < 1.29 is 9.18 Å². The van der Waals surface area contributed by atoms with E-state index in [1.54, 1.807) is 19.1 Å². The van der Waals surface area contributed by atoms with Crippen molar-refractivity contribution in [2.24, 2.45) is 0 Å². The summed E-state index contributed by atoms with van der Waals surface area (Å²) in [4.78, 5) is 22.1. The van der Waals surface area contributed by atoms with E-state index in [9.17, 15) is 9.18 Å². The highest BCUT2D eigenvalue weighted by Crippen LogP contribution is 2.30. The number of benzene rings is 2. The van der Waals surface area contributed by atoms with Gasteiger partial charge in [-0.3, -0.25) is 10.1 Å². The van der Waals surface area contributed by atoms with Gasteiger partial charge in [-0.15, -0.1) is 11.3 Å². The third kappa shape index (κ3) is 3.23. The normalized spacial score (nSPS) is 11.0. The highest BCUT2D eigenvalue weighted by Gasteiger charge is 2.18. The van der Waals surface area contributed by atoms with Gasteiger partial charge in [0, 0.05) is 5.56 Å². The minimum Gasteiger partial charge on any atom is -0.297 e. The number of thiazole rings is 2. The summed E-state index contributed by atoms with van der Waals surface area (Å²) in [6.07, 6.45) is 0. The van der Waals surface area contributed by atoms with Crippen molar-refractivity contribution in [3.05, 3.63) is 64.4 Å². The largest absolute Gasteiger partial charge is 0.297 e. The number of rotatable bonds is 3. The third-order valence-corrected chi connectivity index (χ3v) is 6.00. The van der Waals surface area contributed by atoms with E-state index < -0.39 is 0 Å². The molecule has 0 unspecified atom stereocenters. The van der Waals surface area contributed by atoms with Crippen LogP contribution in [-0.4, -0.2) is 15.9 Å². The molecule has 7 heteroatoms. The molecule has 0 aliphatic rings. The Hall–Kier alpha value is -2.64. The van der Waals surface area contributed by atoms with Gasteiger partial charge in [0.15, 0.2) is 5.13 Å². The Kier molecular flexibility index (Phi) is 4.26. The van der Waals surface area contributed by atoms with E-state index in [2.05, 4.69) is 15.3 Å². The Balaban J connectivity index is 1.60. The minimum absolute atomic E-state index is 0.232. The van der Waals surface area contributed by atoms with Crippen molar-refractivity contribution >= 4 is 43.9 Å². The van der Waals surface area contributed by atoms with Crippen molar-refractivity contribution in [2.75, 3.05) is 5.32 Å². The predicted octanol–water partition coefficient (Wildman–Crippen LogP) is 5.43. The summed E-state index contributed by atoms with van der Waals surface area (Å²) < 4.78 is 14.1. The van der Waals surface area contributed by atoms with Gasteiger partial charge in [0.25, 0.3) is 5.91 Å². The van der Waals surface area contributed by atoms with Crippen molar-refractivity contribution in [3.8, 4) is 10.6 Å². The Bertz CT molecular complexity index is 1120. The van der Waals surface area contributed by atoms with Crippen LogP contribution in [0.3, 0.4) is 0 Å². The standard InChI is InChI=1S/C19H14FN3OS2/c1-10-3-8-14-15(9-10)25-19(22-14)23-17(24)16-11(2)21-18(26-16)12-4-6-13(20)7-5-12/h3-9H,1-2H3,(H,22,23,24). The molecule has 0 atom stereocenters. The van der Waals surface area contributed by atoms with Crippen LogP contribution in [0.15, 0.2) is 42.5 Å². The number of hydrogen-bond donors (Lipinski definition) is 1. The summed E-state index contributed by atoms with van der Waals surface area (Å²) in [5, 5.41) is 4.11. The Labute approximate surface area is 157 Å². The topological polar surface area (TPSA) is 54.9 Å². The zero-order valence-electron chi connectivity index (χ0n) is 14.0. The molecule has 2 aromatic heterocycles. The van der Waals surface area contributed by atoms with Crippen LogP contribution in [0.5, 0.6) is 0 Å². The van der Waals surface area contributed by atoms with E-state index in [-0.39, 0.29) is 11.7 Å². The number of carbonyl (C=O) groups is 1. The van der Waals surface area contributed by atoms with Crippen LogP contribution < -0.4 is 5.32 Å². The van der Waals surface area contributed by atoms with E-state index in [0.29, 0.717) is 20.7 Å². The molecule has 1 amide bonds. The fourth-order valence-electron chi connectivity index (χ4n) is 2.56. The molecule has 0 aliphatic heterocycles. The molecule has 0 saturated carbocycles. The fraction of sp³-hybridized carbons (Fsp3) is 0.105. The average molecular weight is 383 g/mol. The highest BCUT2D eigenvalue weighted by molar-refractivity contribution is 7.22. The third-order valence-electron chi connectivity index (χ3n) is 3.86. The number of nitrogens with one attached hydrogen (secondary N) is 1. The summed E-state index contributed by atoms with van der Waals surface area (Å²) in [6, 6.07) is 12.1. The van der Waals surface area contributed by atoms with Gasteiger partial charge in [-0.05, 0) is 55.8 Å². The van der Waals surface area contributed by atoms with Crippen LogP contribution in [-0.2, 0) is 0 Å². The van der Waals surface area contributed by atoms with Gasteiger partial charge >= 0.3 is 0 Å². The molecular formula is C19H14FN3OS2. The molecule has 4 rings (SSSR count). The lowest BCUT2D eigenvalue weighted by atomic mass is 10.2. The second-order valence-corrected chi connectivity index (χ2v) is 7.91. The van der Waals surface area contributed by atoms with E-state index >= 15 is 0 Å². The Morgan fingerprint density at radius 3 is 2.58 bits per heavy atom. The molecule has 130 valence electrons. The first-order chi connectivity index (χ1) is 12.5. The number of anilines is 1. The zero-order chi connectivity index (χ0) is 18.3. The Morgan fingerprint density at radius 1 is 1.04 bits per heavy atom. The van der Waals surface area contributed by atoms with Crippen LogP contribution in [0.25, 0.3) is 20.8 Å². The van der Waals surface area contributed by atoms with Crippen molar-refractivity contribution in [3.63, 3.8) is 0 Å². The molecule has 0 fully saturated rings. The van der Waals surface area contributed by atoms with Gasteiger partial charge < -0.3 is 0 Å². The van der Waals surface area contributed by atoms with Crippen LogP contribution >= 0.6 is 22.7 Å². The molecule has 0 radical (unpaired) electrons. The monoisotopic (exact) mass is 383 g/mol. The first kappa shape index (κ1) is 16.8. The smallest absolute Gasteiger partial charge is 0.269 e. The second-order valence-electron chi connectivity index (χ2n) is 5.88. The van der Waals surface area contributed by atoms with Crippen LogP contribution in [0.4, 0.5) is 9.52 Å². The first-order valence-electron chi connectivity index (χ1n) is 7.91. The molecule has 0 spiro atoms. The minimum atomic E-state index is -0.300. The van der Waals surface area contributed by atoms with Gasteiger partial charge in [0.1, 0.15) is 15.7 Å². The lowest BCUT2D eigenvalue weighted by Gasteiger charge is -1.98. The van der Waals surface area contributed by atoms with Crippen LogP contribution in [0, 0.1) is 19.7 Å². The van der Waals surface area contributed by atoms with Crippen LogP contribution in [0.2, 0.25) is 0 Å². The fourth-order valence-corrected chi connectivity index (χ4v) is 4.49. The number of nitrogens with zero attached hydrogens (tertiary/aromatic N) is 2. The second kappa shape index (κ2) is 6.59. The van der Waals surface area contributed by atoms with Gasteiger partial charge in [-0.2, -0.15) is 0 Å². The molecular weight excluding hydrogens is 369 g/mol. The van der Waals surface area contributed by atoms with E-state index in [1.165, 1.54) is 34.8 Å². The quantitative estimate of drug-likeness (QED) is 0.513. The number of halogens is 1. The zero-order valence-corrected chi connectivity index (χ0v) is 15.7. The first-order valence-corrected chi connectivity index (χ1v) is 9.55. The van der Waals surface area contributed by atoms with Crippen LogP contribution in [0.1, 0.15) is 20.9 Å². The number of carbonyl (C=O) groups excluding carboxylic acids is 1. The molecule has 1 N–H and O–H groups in total. The Morgan fingerprint density at radius 2 is 1.81 bits per heavy atom. The molecule has 0 bridgehead atoms. The molecule has 0 saturated heterocycles. The molecule has 4 nitrogen and oxygen atoms in total. The van der Waals surface area contributed by atoms with Crippen molar-refractivity contribution in [1.82, 2.24) is 9.97 Å². The van der Waals surface area contributed by atoms with Gasteiger partial charge in [0.05, 0.1) is 15.9 Å². The van der Waals surface area contributed by atoms with Crippen molar-refractivity contribution in [1.29, 1.82) is 0 Å². The maximum Gasteiger partial charge on any atom is 0.269 e. The summed E-state index contributed by atoms with van der Waals surface area (Å²) in [6.45, 7) is 3.81. The predicted molar refractivity (Wildman–Crippen MR) is 105 cm³/mol. The van der Waals surface area contributed by atoms with Gasteiger partial charge in [0.2, 0.25) is 0 Å². The molecule has 0 aliphatic carbocycles. The average Bonchev–Trinajstić information content (AvgIpc) is 3.18. The van der Waals surface area contributed by atoms with E-state index in [4.69, 9.17) is 0 Å².